The molecular formula is C13H16BrNO3. The van der Waals surface area contributed by atoms with Crippen molar-refractivity contribution in [1.82, 2.24) is 5.32 Å². The van der Waals surface area contributed by atoms with Gasteiger partial charge in [-0.05, 0) is 23.8 Å². The molecule has 1 heterocycles. The Kier molecular flexibility index (Phi) is 3.52. The Bertz CT molecular complexity index is 473. The number of carbonyl (C=O) groups excluding carboxylic acids is 1. The lowest BCUT2D eigenvalue weighted by Gasteiger charge is -2.39. The van der Waals surface area contributed by atoms with Crippen molar-refractivity contribution in [1.29, 1.82) is 0 Å². The van der Waals surface area contributed by atoms with E-state index >= 15 is 0 Å². The molecule has 0 aromatic heterocycles. The predicted molar refractivity (Wildman–Crippen MR) is 71.7 cm³/mol. The molecule has 98 valence electrons. The number of ether oxygens (including phenoxy) is 2. The molecule has 1 aliphatic rings. The average molecular weight is 314 g/mol. The highest BCUT2D eigenvalue weighted by atomic mass is 79.9. The Hall–Kier alpha value is -1.23. The first-order valence-corrected chi connectivity index (χ1v) is 6.50. The van der Waals surface area contributed by atoms with Gasteiger partial charge in [0.05, 0.1) is 13.2 Å². The number of rotatable bonds is 2. The van der Waals surface area contributed by atoms with E-state index in [1.54, 1.807) is 7.11 Å². The SMILES string of the molecule is COc1ccc(Br)c([C@@H]2NC(=O)OCC2(C)C)c1. The van der Waals surface area contributed by atoms with Gasteiger partial charge in [0.25, 0.3) is 0 Å². The van der Waals surface area contributed by atoms with Gasteiger partial charge >= 0.3 is 6.09 Å². The van der Waals surface area contributed by atoms with E-state index in [-0.39, 0.29) is 17.6 Å². The summed E-state index contributed by atoms with van der Waals surface area (Å²) in [7, 11) is 1.63. The molecule has 4 nitrogen and oxygen atoms in total. The van der Waals surface area contributed by atoms with Crippen LogP contribution in [0.2, 0.25) is 0 Å². The van der Waals surface area contributed by atoms with Gasteiger partial charge in [-0.1, -0.05) is 29.8 Å². The van der Waals surface area contributed by atoms with Crippen LogP contribution in [0.3, 0.4) is 0 Å². The first kappa shape index (κ1) is 13.2. The summed E-state index contributed by atoms with van der Waals surface area (Å²) >= 11 is 3.52. The number of hydrogen-bond acceptors (Lipinski definition) is 3. The van der Waals surface area contributed by atoms with Crippen LogP contribution in [0.1, 0.15) is 25.5 Å². The zero-order valence-corrected chi connectivity index (χ0v) is 12.2. The molecule has 0 saturated carbocycles. The van der Waals surface area contributed by atoms with Crippen LogP contribution < -0.4 is 10.1 Å². The van der Waals surface area contributed by atoms with Gasteiger partial charge in [-0.25, -0.2) is 4.79 Å². The fourth-order valence-electron chi connectivity index (χ4n) is 2.06. The standard InChI is InChI=1S/C13H16BrNO3/c1-13(2)7-18-12(16)15-11(13)9-6-8(17-3)4-5-10(9)14/h4-6,11H,7H2,1-3H3,(H,15,16)/t11-/m0/s1. The van der Waals surface area contributed by atoms with Crippen LogP contribution >= 0.6 is 15.9 Å². The van der Waals surface area contributed by atoms with E-state index in [4.69, 9.17) is 9.47 Å². The van der Waals surface area contributed by atoms with Gasteiger partial charge in [-0.15, -0.1) is 0 Å². The van der Waals surface area contributed by atoms with Crippen molar-refractivity contribution in [2.45, 2.75) is 19.9 Å². The molecule has 1 atom stereocenters. The van der Waals surface area contributed by atoms with E-state index in [1.165, 1.54) is 0 Å². The second kappa shape index (κ2) is 4.80. The Morgan fingerprint density at radius 2 is 2.22 bits per heavy atom. The summed E-state index contributed by atoms with van der Waals surface area (Å²) in [5.41, 5.74) is 0.819. The molecule has 1 fully saturated rings. The average Bonchev–Trinajstić information content (AvgIpc) is 2.33. The summed E-state index contributed by atoms with van der Waals surface area (Å²) < 4.78 is 11.2. The van der Waals surface area contributed by atoms with E-state index in [9.17, 15) is 4.79 Å². The van der Waals surface area contributed by atoms with Crippen molar-refractivity contribution in [3.63, 3.8) is 0 Å². The molecule has 0 aliphatic carbocycles. The van der Waals surface area contributed by atoms with Crippen LogP contribution in [0.5, 0.6) is 5.75 Å². The maximum Gasteiger partial charge on any atom is 0.407 e. The molecule has 2 rings (SSSR count). The number of benzene rings is 1. The van der Waals surface area contributed by atoms with Gasteiger partial charge in [0.2, 0.25) is 0 Å². The summed E-state index contributed by atoms with van der Waals surface area (Å²) in [6, 6.07) is 5.62. The van der Waals surface area contributed by atoms with E-state index in [2.05, 4.69) is 35.1 Å². The van der Waals surface area contributed by atoms with Crippen molar-refractivity contribution in [3.05, 3.63) is 28.2 Å². The molecule has 1 N–H and O–H groups in total. The molecule has 5 heteroatoms. The maximum absolute atomic E-state index is 11.4. The zero-order chi connectivity index (χ0) is 13.3. The van der Waals surface area contributed by atoms with Crippen molar-refractivity contribution in [2.24, 2.45) is 5.41 Å². The summed E-state index contributed by atoms with van der Waals surface area (Å²) in [6.07, 6.45) is -0.381. The number of hydrogen-bond donors (Lipinski definition) is 1. The van der Waals surface area contributed by atoms with Crippen LogP contribution in [-0.4, -0.2) is 19.8 Å². The molecule has 18 heavy (non-hydrogen) atoms. The van der Waals surface area contributed by atoms with Crippen molar-refractivity contribution >= 4 is 22.0 Å². The highest BCUT2D eigenvalue weighted by Crippen LogP contribution is 2.40. The summed E-state index contributed by atoms with van der Waals surface area (Å²) in [5, 5.41) is 2.87. The highest BCUT2D eigenvalue weighted by molar-refractivity contribution is 9.10. The number of carbonyl (C=O) groups is 1. The second-order valence-corrected chi connectivity index (χ2v) is 5.88. The van der Waals surface area contributed by atoms with E-state index in [0.717, 1.165) is 15.8 Å². The minimum atomic E-state index is -0.381. The third kappa shape index (κ3) is 2.46. The van der Waals surface area contributed by atoms with Gasteiger partial charge in [0.1, 0.15) is 12.4 Å². The topological polar surface area (TPSA) is 47.6 Å². The van der Waals surface area contributed by atoms with E-state index < -0.39 is 0 Å². The number of halogens is 1. The summed E-state index contributed by atoms with van der Waals surface area (Å²) in [4.78, 5) is 11.4. The zero-order valence-electron chi connectivity index (χ0n) is 10.6. The van der Waals surface area contributed by atoms with Crippen LogP contribution in [0.25, 0.3) is 0 Å². The third-order valence-corrected chi connectivity index (χ3v) is 3.86. The van der Waals surface area contributed by atoms with Gasteiger partial charge in [-0.2, -0.15) is 0 Å². The molecule has 0 spiro atoms. The smallest absolute Gasteiger partial charge is 0.407 e. The Morgan fingerprint density at radius 3 is 2.89 bits per heavy atom. The number of nitrogens with one attached hydrogen (secondary N) is 1. The maximum atomic E-state index is 11.4. The van der Waals surface area contributed by atoms with Crippen LogP contribution in [0, 0.1) is 5.41 Å². The Morgan fingerprint density at radius 1 is 1.50 bits per heavy atom. The van der Waals surface area contributed by atoms with Crippen LogP contribution in [0.4, 0.5) is 4.79 Å². The molecule has 0 radical (unpaired) electrons. The van der Waals surface area contributed by atoms with Gasteiger partial charge in [0, 0.05) is 9.89 Å². The summed E-state index contributed by atoms with van der Waals surface area (Å²) in [6.45, 7) is 4.51. The second-order valence-electron chi connectivity index (χ2n) is 5.03. The molecule has 1 amide bonds. The summed E-state index contributed by atoms with van der Waals surface area (Å²) in [5.74, 6) is 0.768. The highest BCUT2D eigenvalue weighted by Gasteiger charge is 2.38. The fourth-order valence-corrected chi connectivity index (χ4v) is 2.53. The number of amides is 1. The van der Waals surface area contributed by atoms with Crippen LogP contribution in [0.15, 0.2) is 22.7 Å². The first-order chi connectivity index (χ1) is 8.44. The quantitative estimate of drug-likeness (QED) is 0.911. The molecule has 0 bridgehead atoms. The van der Waals surface area contributed by atoms with Crippen molar-refractivity contribution in [3.8, 4) is 5.75 Å². The number of methoxy groups -OCH3 is 1. The largest absolute Gasteiger partial charge is 0.497 e. The number of cyclic esters (lactones) is 1. The number of alkyl carbamates (subject to hydrolysis) is 1. The van der Waals surface area contributed by atoms with Gasteiger partial charge in [-0.3, -0.25) is 0 Å². The van der Waals surface area contributed by atoms with Crippen molar-refractivity contribution in [2.75, 3.05) is 13.7 Å². The molecular weight excluding hydrogens is 298 g/mol. The predicted octanol–water partition coefficient (Wildman–Crippen LogP) is 3.26. The van der Waals surface area contributed by atoms with Gasteiger partial charge < -0.3 is 14.8 Å². The van der Waals surface area contributed by atoms with Gasteiger partial charge in [0.15, 0.2) is 0 Å². The lowest BCUT2D eigenvalue weighted by molar-refractivity contribution is 0.0385. The molecule has 1 saturated heterocycles. The fraction of sp³-hybridized carbons (Fsp3) is 0.462. The molecule has 1 aliphatic heterocycles. The minimum absolute atomic E-state index is 0.108. The Balaban J connectivity index is 2.42. The third-order valence-electron chi connectivity index (χ3n) is 3.13. The molecule has 1 aromatic carbocycles. The first-order valence-electron chi connectivity index (χ1n) is 5.71. The van der Waals surface area contributed by atoms with Crippen LogP contribution in [-0.2, 0) is 4.74 Å². The molecule has 1 aromatic rings. The lowest BCUT2D eigenvalue weighted by Crippen LogP contribution is -2.47. The normalized spacial score (nSPS) is 22.0. The van der Waals surface area contributed by atoms with E-state index in [0.29, 0.717) is 6.61 Å². The Labute approximate surface area is 115 Å². The minimum Gasteiger partial charge on any atom is -0.497 e. The van der Waals surface area contributed by atoms with E-state index in [1.807, 2.05) is 18.2 Å². The molecule has 0 unspecified atom stereocenters. The lowest BCUT2D eigenvalue weighted by atomic mass is 9.80. The monoisotopic (exact) mass is 313 g/mol. The van der Waals surface area contributed by atoms with Crippen molar-refractivity contribution < 1.29 is 14.3 Å².